The molecule has 0 aliphatic rings. The SMILES string of the molecule is CC(C)(C)OC(=O)NC(Cc1ccccc1)C(=O)NC(Cc1ccccc1)C(=O)NC(Cc1ccccc1)C(=O)OCc1cc2c(ccc3sc4ccc5sccc5c4c32)s1. The van der Waals surface area contributed by atoms with Gasteiger partial charge in [0.2, 0.25) is 11.8 Å². The minimum absolute atomic E-state index is 0.0262. The van der Waals surface area contributed by atoms with Gasteiger partial charge in [0.25, 0.3) is 0 Å². The summed E-state index contributed by atoms with van der Waals surface area (Å²) in [7, 11) is 0. The van der Waals surface area contributed by atoms with Gasteiger partial charge in [-0.1, -0.05) is 91.0 Å². The van der Waals surface area contributed by atoms with E-state index < -0.39 is 47.6 Å². The minimum atomic E-state index is -1.11. The monoisotopic (exact) mass is 867 g/mol. The molecule has 9 nitrogen and oxygen atoms in total. The molecule has 310 valence electrons. The van der Waals surface area contributed by atoms with Gasteiger partial charge in [-0.25, -0.2) is 9.59 Å². The first-order chi connectivity index (χ1) is 29.5. The lowest BCUT2D eigenvalue weighted by Gasteiger charge is -2.26. The van der Waals surface area contributed by atoms with E-state index in [0.717, 1.165) is 31.7 Å². The topological polar surface area (TPSA) is 123 Å². The Morgan fingerprint density at radius 3 is 1.62 bits per heavy atom. The van der Waals surface area contributed by atoms with E-state index in [1.165, 1.54) is 30.3 Å². The molecule has 0 spiro atoms. The van der Waals surface area contributed by atoms with Crippen molar-refractivity contribution >= 4 is 98.2 Å². The third kappa shape index (κ3) is 10.1. The number of fused-ring (bicyclic) bond motifs is 7. The fraction of sp³-hybridized carbons (Fsp3) is 0.224. The Hall–Kier alpha value is -6.08. The van der Waals surface area contributed by atoms with Crippen LogP contribution in [0.5, 0.6) is 0 Å². The lowest BCUT2D eigenvalue weighted by atomic mass is 10.0. The largest absolute Gasteiger partial charge is 0.458 e. The summed E-state index contributed by atoms with van der Waals surface area (Å²) in [5.74, 6) is -1.75. The van der Waals surface area contributed by atoms with Crippen LogP contribution in [0.1, 0.15) is 42.3 Å². The van der Waals surface area contributed by atoms with Crippen molar-refractivity contribution in [1.29, 1.82) is 0 Å². The fourth-order valence-electron chi connectivity index (χ4n) is 7.44. The molecule has 0 aliphatic carbocycles. The number of alkyl carbamates (subject to hydrolysis) is 1. The molecule has 3 unspecified atom stereocenters. The van der Waals surface area contributed by atoms with Crippen LogP contribution in [0.25, 0.3) is 40.3 Å². The molecule has 61 heavy (non-hydrogen) atoms. The summed E-state index contributed by atoms with van der Waals surface area (Å²) >= 11 is 5.09. The number of hydrogen-bond donors (Lipinski definition) is 3. The van der Waals surface area contributed by atoms with Crippen LogP contribution in [0.2, 0.25) is 0 Å². The average Bonchev–Trinajstić information content (AvgIpc) is 3.99. The molecule has 0 fully saturated rings. The van der Waals surface area contributed by atoms with Crippen molar-refractivity contribution < 1.29 is 28.7 Å². The van der Waals surface area contributed by atoms with Gasteiger partial charge in [-0.2, -0.15) is 0 Å². The molecule has 8 rings (SSSR count). The number of nitrogens with one attached hydrogen (secondary N) is 3. The van der Waals surface area contributed by atoms with Gasteiger partial charge in [-0.15, -0.1) is 34.0 Å². The van der Waals surface area contributed by atoms with Crippen LogP contribution in [0.15, 0.2) is 133 Å². The Morgan fingerprint density at radius 1 is 0.557 bits per heavy atom. The number of carbonyl (C=O) groups is 4. The second-order valence-electron chi connectivity index (χ2n) is 15.9. The Bertz CT molecular complexity index is 2830. The van der Waals surface area contributed by atoms with Gasteiger partial charge in [0.05, 0.1) is 0 Å². The first kappa shape index (κ1) is 41.6. The molecule has 3 N–H and O–H groups in total. The number of amides is 3. The summed E-state index contributed by atoms with van der Waals surface area (Å²) in [6.45, 7) is 5.25. The van der Waals surface area contributed by atoms with Gasteiger partial charge >= 0.3 is 12.1 Å². The van der Waals surface area contributed by atoms with Gasteiger partial charge in [-0.05, 0) is 79.2 Å². The van der Waals surface area contributed by atoms with E-state index in [1.807, 2.05) is 91.0 Å². The molecule has 12 heteroatoms. The predicted molar refractivity (Wildman–Crippen MR) is 247 cm³/mol. The molecular weight excluding hydrogens is 823 g/mol. The maximum absolute atomic E-state index is 14.4. The lowest BCUT2D eigenvalue weighted by Crippen LogP contribution is -2.57. The molecule has 0 radical (unpaired) electrons. The molecule has 0 aliphatic heterocycles. The number of rotatable bonds is 14. The number of carbonyl (C=O) groups excluding carboxylic acids is 4. The van der Waals surface area contributed by atoms with E-state index >= 15 is 0 Å². The molecule has 0 saturated heterocycles. The summed E-state index contributed by atoms with van der Waals surface area (Å²) in [5.41, 5.74) is 1.63. The highest BCUT2D eigenvalue weighted by Crippen LogP contribution is 2.44. The van der Waals surface area contributed by atoms with E-state index in [0.29, 0.717) is 0 Å². The molecular formula is C49H45N3O6S3. The Kier molecular flexibility index (Phi) is 12.5. The first-order valence-electron chi connectivity index (χ1n) is 20.1. The highest BCUT2D eigenvalue weighted by molar-refractivity contribution is 7.27. The molecule has 3 heterocycles. The van der Waals surface area contributed by atoms with E-state index in [2.05, 4.69) is 57.7 Å². The third-order valence-electron chi connectivity index (χ3n) is 10.2. The Labute approximate surface area is 365 Å². The van der Waals surface area contributed by atoms with Crippen LogP contribution in [0, 0.1) is 0 Å². The summed E-state index contributed by atoms with van der Waals surface area (Å²) in [4.78, 5) is 56.5. The second kappa shape index (κ2) is 18.3. The molecule has 3 atom stereocenters. The van der Waals surface area contributed by atoms with Crippen molar-refractivity contribution in [3.05, 3.63) is 154 Å². The van der Waals surface area contributed by atoms with Crippen molar-refractivity contribution in [2.75, 3.05) is 0 Å². The third-order valence-corrected chi connectivity index (χ3v) is 13.3. The van der Waals surface area contributed by atoms with E-state index in [9.17, 15) is 19.2 Å². The van der Waals surface area contributed by atoms with Gasteiger partial charge < -0.3 is 25.4 Å². The van der Waals surface area contributed by atoms with Crippen molar-refractivity contribution in [3.8, 4) is 0 Å². The normalized spacial score (nSPS) is 13.2. The van der Waals surface area contributed by atoms with Crippen molar-refractivity contribution in [3.63, 3.8) is 0 Å². The van der Waals surface area contributed by atoms with Crippen LogP contribution < -0.4 is 16.0 Å². The second-order valence-corrected chi connectivity index (χ2v) is 19.1. The van der Waals surface area contributed by atoms with E-state index in [1.54, 1.807) is 54.8 Å². The van der Waals surface area contributed by atoms with Crippen LogP contribution in [-0.2, 0) is 49.7 Å². The maximum atomic E-state index is 14.4. The minimum Gasteiger partial charge on any atom is -0.458 e. The number of hydrogen-bond acceptors (Lipinski definition) is 9. The maximum Gasteiger partial charge on any atom is 0.408 e. The van der Waals surface area contributed by atoms with Gasteiger partial charge in [0.15, 0.2) is 0 Å². The molecule has 0 saturated carbocycles. The molecule has 3 amide bonds. The highest BCUT2D eigenvalue weighted by Gasteiger charge is 2.32. The van der Waals surface area contributed by atoms with E-state index in [4.69, 9.17) is 9.47 Å². The summed E-state index contributed by atoms with van der Waals surface area (Å²) in [5, 5.41) is 15.5. The zero-order chi connectivity index (χ0) is 42.5. The molecule has 8 aromatic rings. The van der Waals surface area contributed by atoms with Crippen LogP contribution in [-0.4, -0.2) is 47.6 Å². The molecule has 0 bridgehead atoms. The number of ether oxygens (including phenoxy) is 2. The van der Waals surface area contributed by atoms with Crippen LogP contribution in [0.3, 0.4) is 0 Å². The quantitative estimate of drug-likeness (QED) is 0.0936. The number of esters is 1. The van der Waals surface area contributed by atoms with Gasteiger partial charge in [0.1, 0.15) is 30.3 Å². The lowest BCUT2D eigenvalue weighted by molar-refractivity contribution is -0.149. The highest BCUT2D eigenvalue weighted by atomic mass is 32.1. The van der Waals surface area contributed by atoms with Crippen molar-refractivity contribution in [2.24, 2.45) is 0 Å². The predicted octanol–water partition coefficient (Wildman–Crippen LogP) is 10.1. The van der Waals surface area contributed by atoms with Crippen molar-refractivity contribution in [1.82, 2.24) is 16.0 Å². The van der Waals surface area contributed by atoms with Gasteiger partial charge in [0, 0.05) is 64.5 Å². The number of thiophene rings is 3. The fourth-order valence-corrected chi connectivity index (χ4v) is 10.4. The van der Waals surface area contributed by atoms with Crippen molar-refractivity contribution in [2.45, 2.75) is 70.4 Å². The number of benzene rings is 5. The summed E-state index contributed by atoms with van der Waals surface area (Å²) in [6, 6.07) is 37.7. The van der Waals surface area contributed by atoms with Crippen LogP contribution in [0.4, 0.5) is 4.79 Å². The summed E-state index contributed by atoms with van der Waals surface area (Å²) < 4.78 is 16.3. The first-order valence-corrected chi connectivity index (χ1v) is 22.6. The average molecular weight is 868 g/mol. The Balaban J connectivity index is 1.04. The zero-order valence-corrected chi connectivity index (χ0v) is 36.4. The van der Waals surface area contributed by atoms with Gasteiger partial charge in [-0.3, -0.25) is 9.59 Å². The zero-order valence-electron chi connectivity index (χ0n) is 33.9. The molecule has 3 aromatic heterocycles. The summed E-state index contributed by atoms with van der Waals surface area (Å²) in [6.07, 6.45) is -0.316. The standard InChI is InChI=1S/C49H45N3O6S3/c1-49(2,3)58-48(56)52-37(26-31-15-9-5-10-16-31)46(54)50-36(25-30-13-7-4-8-14-30)45(53)51-38(27-32-17-11-6-12-18-32)47(55)57-29-33-28-35-40(60-33)20-22-42-44(35)43-34-23-24-59-39(34)19-21-41(43)61-42/h4-24,28,36-38H,25-27,29H2,1-3H3,(H,50,54)(H,51,53)(H,52,56). The van der Waals surface area contributed by atoms with E-state index in [-0.39, 0.29) is 25.9 Å². The molecule has 5 aromatic carbocycles. The van der Waals surface area contributed by atoms with Crippen LogP contribution >= 0.6 is 34.0 Å². The Morgan fingerprint density at radius 2 is 1.05 bits per heavy atom. The smallest absolute Gasteiger partial charge is 0.408 e.